The molecule has 0 aliphatic carbocycles. The van der Waals surface area contributed by atoms with Gasteiger partial charge in [0.1, 0.15) is 0 Å². The summed E-state index contributed by atoms with van der Waals surface area (Å²) in [7, 11) is 0. The van der Waals surface area contributed by atoms with E-state index >= 15 is 0 Å². The zero-order chi connectivity index (χ0) is 3.41. The Balaban J connectivity index is 3.95. The monoisotopic (exact) mass is 141 g/mol. The van der Waals surface area contributed by atoms with E-state index in [0.717, 1.165) is 0 Å². The minimum atomic E-state index is 2.38. The second-order valence-electron chi connectivity index (χ2n) is 0.260. The molecule has 0 aliphatic heterocycles. The van der Waals surface area contributed by atoms with Gasteiger partial charge in [-0.15, -0.1) is 0 Å². The molecule has 0 aliphatic rings. The van der Waals surface area contributed by atoms with E-state index in [1.54, 1.807) is 0 Å². The molecule has 0 nitrogen and oxygen atoms in total. The van der Waals surface area contributed by atoms with Crippen molar-refractivity contribution in [3.8, 4) is 0 Å². The molecule has 0 aromatic carbocycles. The first-order valence-corrected chi connectivity index (χ1v) is 1.59. The Morgan fingerprint density at radius 3 is 2.00 bits per heavy atom. The molecule has 0 aromatic heterocycles. The van der Waals surface area contributed by atoms with Crippen molar-refractivity contribution in [1.29, 1.82) is 0 Å². The molecule has 0 heterocycles. The van der Waals surface area contributed by atoms with Gasteiger partial charge in [0.2, 0.25) is 0 Å². The first kappa shape index (κ1) is 4.05. The van der Waals surface area contributed by atoms with Gasteiger partial charge in [-0.2, -0.15) is 0 Å². The van der Waals surface area contributed by atoms with Crippen LogP contribution < -0.4 is 0 Å². The zero-order valence-corrected chi connectivity index (χ0v) is 3.68. The number of hydrogen-bond donors (Lipinski definition) is 0. The van der Waals surface area contributed by atoms with Crippen molar-refractivity contribution in [3.63, 3.8) is 0 Å². The molecule has 0 rings (SSSR count). The molecule has 0 fully saturated rings. The van der Waals surface area contributed by atoms with E-state index in [1.807, 2.05) is 0 Å². The topological polar surface area (TPSA) is 0 Å². The first-order chi connectivity index (χ1) is 1.91. The molecule has 0 spiro atoms. The summed E-state index contributed by atoms with van der Waals surface area (Å²) in [6.45, 7) is 3.22. The third-order valence-corrected chi connectivity index (χ3v) is 0.349. The van der Waals surface area contributed by atoms with Crippen molar-refractivity contribution < 1.29 is 17.9 Å². The maximum atomic E-state index is 3.22. The fourth-order valence-corrected chi connectivity index (χ4v) is 0. The van der Waals surface area contributed by atoms with Crippen molar-refractivity contribution >= 4 is 4.26 Å². The van der Waals surface area contributed by atoms with E-state index in [-0.39, 0.29) is 0 Å². The van der Waals surface area contributed by atoms with E-state index in [2.05, 4.69) is 34.4 Å². The van der Waals surface area contributed by atoms with Crippen LogP contribution in [0.4, 0.5) is 0 Å². The molecule has 1 heteroatoms. The maximum absolute atomic E-state index is 3.22. The Morgan fingerprint density at radius 1 is 1.75 bits per heavy atom. The van der Waals surface area contributed by atoms with Gasteiger partial charge >= 0.3 is 34.4 Å². The molecular formula is C3H2Rh. The molecule has 0 saturated heterocycles. The summed E-state index contributed by atoms with van der Waals surface area (Å²) < 4.78 is 2.46. The van der Waals surface area contributed by atoms with Crippen molar-refractivity contribution in [2.45, 2.75) is 0 Å². The van der Waals surface area contributed by atoms with E-state index in [1.165, 1.54) is 0 Å². The summed E-state index contributed by atoms with van der Waals surface area (Å²) >= 11 is 2.38. The normalized spacial score (nSPS) is 3.25. The summed E-state index contributed by atoms with van der Waals surface area (Å²) in [5.74, 6) is 0. The average Bonchev–Trinajstić information content (AvgIpc) is 1.37. The van der Waals surface area contributed by atoms with Crippen molar-refractivity contribution in [3.05, 3.63) is 12.3 Å². The molecule has 0 bridgehead atoms. The minimum absolute atomic E-state index is 2.38. The van der Waals surface area contributed by atoms with Crippen LogP contribution in [0.25, 0.3) is 0 Å². The van der Waals surface area contributed by atoms with Gasteiger partial charge in [0.15, 0.2) is 0 Å². The Bertz CT molecular complexity index is 53.4. The molecular weight excluding hydrogens is 139 g/mol. The fourth-order valence-electron chi connectivity index (χ4n) is 0. The van der Waals surface area contributed by atoms with Gasteiger partial charge < -0.3 is 0 Å². The van der Waals surface area contributed by atoms with E-state index < -0.39 is 0 Å². The predicted molar refractivity (Wildman–Crippen MR) is 14.1 cm³/mol. The molecule has 0 atom stereocenters. The van der Waals surface area contributed by atoms with Gasteiger partial charge in [0.25, 0.3) is 0 Å². The van der Waals surface area contributed by atoms with Gasteiger partial charge in [-0.25, -0.2) is 0 Å². The summed E-state index contributed by atoms with van der Waals surface area (Å²) in [5, 5.41) is 0. The predicted octanol–water partition coefficient (Wildman–Crippen LogP) is 0.275. The average molecular weight is 141 g/mol. The van der Waals surface area contributed by atoms with Crippen LogP contribution in [-0.4, -0.2) is 4.26 Å². The SMILES string of the molecule is C=C=[C]=[Rh]. The number of hydrogen-bond acceptors (Lipinski definition) is 0. The fraction of sp³-hybridized carbons (Fsp3) is 0. The van der Waals surface area contributed by atoms with Gasteiger partial charge in [-0.05, 0) is 0 Å². The van der Waals surface area contributed by atoms with Crippen LogP contribution >= 0.6 is 0 Å². The Labute approximate surface area is 35.0 Å². The molecule has 0 saturated carbocycles. The molecule has 0 unspecified atom stereocenters. The molecule has 0 radical (unpaired) electrons. The summed E-state index contributed by atoms with van der Waals surface area (Å²) in [4.78, 5) is 0. The zero-order valence-electron chi connectivity index (χ0n) is 2.04. The molecule has 23 valence electrons. The van der Waals surface area contributed by atoms with Gasteiger partial charge in [0.05, 0.1) is 0 Å². The van der Waals surface area contributed by atoms with Gasteiger partial charge in [-0.3, -0.25) is 0 Å². The van der Waals surface area contributed by atoms with Crippen molar-refractivity contribution in [2.24, 2.45) is 0 Å². The molecule has 0 aromatic rings. The van der Waals surface area contributed by atoms with E-state index in [9.17, 15) is 0 Å². The summed E-state index contributed by atoms with van der Waals surface area (Å²) in [6, 6.07) is 0. The van der Waals surface area contributed by atoms with Crippen LogP contribution in [0.3, 0.4) is 0 Å². The number of rotatable bonds is 0. The van der Waals surface area contributed by atoms with Crippen LogP contribution in [0.1, 0.15) is 0 Å². The summed E-state index contributed by atoms with van der Waals surface area (Å²) in [5.41, 5.74) is 2.38. The van der Waals surface area contributed by atoms with Crippen LogP contribution in [-0.2, 0) is 17.9 Å². The van der Waals surface area contributed by atoms with Gasteiger partial charge in [0, 0.05) is 0 Å². The van der Waals surface area contributed by atoms with Crippen LogP contribution in [0, 0.1) is 0 Å². The van der Waals surface area contributed by atoms with Crippen molar-refractivity contribution in [1.82, 2.24) is 0 Å². The van der Waals surface area contributed by atoms with Crippen LogP contribution in [0.2, 0.25) is 0 Å². The Kier molecular flexibility index (Phi) is 3.09. The van der Waals surface area contributed by atoms with Gasteiger partial charge in [-0.1, -0.05) is 0 Å². The third-order valence-electron chi connectivity index (χ3n) is 0.0589. The quantitative estimate of drug-likeness (QED) is 0.335. The summed E-state index contributed by atoms with van der Waals surface area (Å²) in [6.07, 6.45) is 0. The van der Waals surface area contributed by atoms with E-state index in [4.69, 9.17) is 0 Å². The van der Waals surface area contributed by atoms with E-state index in [0.29, 0.717) is 0 Å². The molecule has 0 amide bonds. The second kappa shape index (κ2) is 3.05. The third kappa shape index (κ3) is 2.05. The van der Waals surface area contributed by atoms with Crippen molar-refractivity contribution in [2.75, 3.05) is 0 Å². The Morgan fingerprint density at radius 2 is 2.00 bits per heavy atom. The molecule has 4 heavy (non-hydrogen) atoms. The standard InChI is InChI=1S/C3H2.Rh/c1-3-2;/h1H2;. The molecule has 0 N–H and O–H groups in total. The first-order valence-electron chi connectivity index (χ1n) is 0.770. The van der Waals surface area contributed by atoms with Crippen LogP contribution in [0.15, 0.2) is 12.3 Å². The van der Waals surface area contributed by atoms with Crippen LogP contribution in [0.5, 0.6) is 0 Å². The Hall–Kier alpha value is 0.0534. The second-order valence-corrected chi connectivity index (χ2v) is 0.670.